The second kappa shape index (κ2) is 2.77. The Hall–Kier alpha value is -2.10. The summed E-state index contributed by atoms with van der Waals surface area (Å²) >= 11 is 0. The van der Waals surface area contributed by atoms with Gasteiger partial charge in [0.15, 0.2) is 0 Å². The van der Waals surface area contributed by atoms with Crippen molar-refractivity contribution in [2.75, 3.05) is 0 Å². The Morgan fingerprint density at radius 3 is 2.65 bits per heavy atom. The van der Waals surface area contributed by atoms with Crippen molar-refractivity contribution >= 4 is 22.7 Å². The number of carbonyl (C=O) groups excluding carboxylic acids is 2. The first-order valence-electron chi connectivity index (χ1n) is 5.78. The molecule has 1 aliphatic heterocycles. The van der Waals surface area contributed by atoms with Crippen molar-refractivity contribution in [3.05, 3.63) is 34.5 Å². The van der Waals surface area contributed by atoms with Crippen molar-refractivity contribution in [3.8, 4) is 0 Å². The van der Waals surface area contributed by atoms with Crippen molar-refractivity contribution in [2.24, 2.45) is 0 Å². The van der Waals surface area contributed by atoms with Crippen molar-refractivity contribution in [1.29, 1.82) is 0 Å². The van der Waals surface area contributed by atoms with Gasteiger partial charge in [0.25, 0.3) is 11.8 Å². The van der Waals surface area contributed by atoms with E-state index in [1.54, 1.807) is 0 Å². The van der Waals surface area contributed by atoms with Crippen molar-refractivity contribution in [1.82, 2.24) is 10.3 Å². The molecule has 2 amide bonds. The minimum atomic E-state index is -0.260. The van der Waals surface area contributed by atoms with E-state index < -0.39 is 0 Å². The Bertz CT molecular complexity index is 697. The molecule has 2 N–H and O–H groups in total. The van der Waals surface area contributed by atoms with Gasteiger partial charge in [0.2, 0.25) is 0 Å². The Morgan fingerprint density at radius 1 is 1.00 bits per heavy atom. The van der Waals surface area contributed by atoms with E-state index >= 15 is 0 Å². The maximum absolute atomic E-state index is 11.9. The first-order chi connectivity index (χ1) is 8.27. The second-order valence-corrected chi connectivity index (χ2v) is 4.61. The molecule has 1 aliphatic carbocycles. The number of imide groups is 1. The number of nitrogens with one attached hydrogen (secondary N) is 2. The lowest BCUT2D eigenvalue weighted by Gasteiger charge is -2.06. The van der Waals surface area contributed by atoms with Crippen LogP contribution in [0.1, 0.15) is 38.3 Å². The molecule has 0 saturated carbocycles. The number of H-pyrrole nitrogens is 1. The van der Waals surface area contributed by atoms with Gasteiger partial charge >= 0.3 is 0 Å². The lowest BCUT2D eigenvalue weighted by Crippen LogP contribution is -2.20. The van der Waals surface area contributed by atoms with E-state index in [2.05, 4.69) is 10.3 Å². The first-order valence-corrected chi connectivity index (χ1v) is 5.78. The van der Waals surface area contributed by atoms with Gasteiger partial charge < -0.3 is 4.98 Å². The number of hydrogen-bond acceptors (Lipinski definition) is 2. The Kier molecular flexibility index (Phi) is 1.46. The summed E-state index contributed by atoms with van der Waals surface area (Å²) in [4.78, 5) is 26.9. The molecule has 0 bridgehead atoms. The predicted molar refractivity (Wildman–Crippen MR) is 62.1 cm³/mol. The third kappa shape index (κ3) is 0.934. The summed E-state index contributed by atoms with van der Waals surface area (Å²) in [7, 11) is 0. The van der Waals surface area contributed by atoms with Gasteiger partial charge in [-0.1, -0.05) is 0 Å². The monoisotopic (exact) mass is 226 g/mol. The van der Waals surface area contributed by atoms with Crippen LogP contribution < -0.4 is 5.32 Å². The van der Waals surface area contributed by atoms with Gasteiger partial charge in [-0.3, -0.25) is 14.9 Å². The largest absolute Gasteiger partial charge is 0.361 e. The molecule has 0 unspecified atom stereocenters. The molecule has 1 aromatic carbocycles. The Balaban J connectivity index is 2.27. The van der Waals surface area contributed by atoms with Gasteiger partial charge in [0.1, 0.15) is 0 Å². The fourth-order valence-corrected chi connectivity index (χ4v) is 3.12. The molecule has 4 nitrogen and oxygen atoms in total. The van der Waals surface area contributed by atoms with E-state index in [4.69, 9.17) is 0 Å². The van der Waals surface area contributed by atoms with Crippen molar-refractivity contribution in [3.63, 3.8) is 0 Å². The highest BCUT2D eigenvalue weighted by atomic mass is 16.2. The Labute approximate surface area is 97.0 Å². The van der Waals surface area contributed by atoms with E-state index in [1.165, 1.54) is 5.56 Å². The van der Waals surface area contributed by atoms with Crippen LogP contribution in [-0.2, 0) is 12.8 Å². The van der Waals surface area contributed by atoms with Crippen LogP contribution in [0.4, 0.5) is 0 Å². The molecular weight excluding hydrogens is 216 g/mol. The molecule has 2 aliphatic rings. The molecule has 2 aromatic rings. The second-order valence-electron chi connectivity index (χ2n) is 4.61. The van der Waals surface area contributed by atoms with Crippen LogP contribution in [0.25, 0.3) is 10.9 Å². The molecule has 4 rings (SSSR count). The molecule has 84 valence electrons. The van der Waals surface area contributed by atoms with Crippen LogP contribution in [0.3, 0.4) is 0 Å². The van der Waals surface area contributed by atoms with E-state index in [9.17, 15) is 9.59 Å². The van der Waals surface area contributed by atoms with Gasteiger partial charge in [-0.2, -0.15) is 0 Å². The fraction of sp³-hybridized carbons (Fsp3) is 0.231. The van der Waals surface area contributed by atoms with E-state index in [0.717, 1.165) is 35.7 Å². The minimum absolute atomic E-state index is 0.230. The molecular formula is C13H10N2O2. The van der Waals surface area contributed by atoms with Crippen molar-refractivity contribution < 1.29 is 9.59 Å². The predicted octanol–water partition coefficient (Wildman–Crippen LogP) is 1.54. The number of benzene rings is 1. The van der Waals surface area contributed by atoms with E-state index in [-0.39, 0.29) is 11.8 Å². The fourth-order valence-electron chi connectivity index (χ4n) is 3.12. The molecule has 0 radical (unpaired) electrons. The highest BCUT2D eigenvalue weighted by molar-refractivity contribution is 6.27. The summed E-state index contributed by atoms with van der Waals surface area (Å²) in [5, 5.41) is 3.28. The summed E-state index contributed by atoms with van der Waals surface area (Å²) in [6, 6.07) is 1.88. The quantitative estimate of drug-likeness (QED) is 0.669. The average molecular weight is 226 g/mol. The van der Waals surface area contributed by atoms with E-state index in [1.807, 2.05) is 12.3 Å². The average Bonchev–Trinajstić information content (AvgIpc) is 2.96. The molecule has 2 heterocycles. The number of fused-ring (bicyclic) bond motifs is 6. The number of aromatic amines is 1. The maximum atomic E-state index is 11.9. The van der Waals surface area contributed by atoms with Gasteiger partial charge in [-0.25, -0.2) is 0 Å². The topological polar surface area (TPSA) is 62.0 Å². The number of carbonyl (C=O) groups is 2. The van der Waals surface area contributed by atoms with Crippen molar-refractivity contribution in [2.45, 2.75) is 19.3 Å². The summed E-state index contributed by atoms with van der Waals surface area (Å²) in [6.45, 7) is 0. The third-order valence-corrected chi connectivity index (χ3v) is 3.77. The molecule has 0 atom stereocenters. The maximum Gasteiger partial charge on any atom is 0.259 e. The summed E-state index contributed by atoms with van der Waals surface area (Å²) < 4.78 is 0. The first kappa shape index (κ1) is 8.98. The normalized spacial score (nSPS) is 17.4. The van der Waals surface area contributed by atoms with Gasteiger partial charge in [0, 0.05) is 17.1 Å². The third-order valence-electron chi connectivity index (χ3n) is 3.77. The van der Waals surface area contributed by atoms with Gasteiger partial charge in [-0.15, -0.1) is 0 Å². The zero-order valence-corrected chi connectivity index (χ0v) is 9.09. The molecule has 0 fully saturated rings. The summed E-state index contributed by atoms with van der Waals surface area (Å²) in [5.74, 6) is -0.490. The summed E-state index contributed by atoms with van der Waals surface area (Å²) in [6.07, 6.45) is 4.77. The lowest BCUT2D eigenvalue weighted by molar-refractivity contribution is 0.0880. The lowest BCUT2D eigenvalue weighted by atomic mass is 9.95. The molecule has 17 heavy (non-hydrogen) atoms. The van der Waals surface area contributed by atoms with Crippen LogP contribution in [0, 0.1) is 0 Å². The van der Waals surface area contributed by atoms with Gasteiger partial charge in [-0.05, 0) is 36.5 Å². The zero-order chi connectivity index (χ0) is 11.6. The standard InChI is InChI=1S/C13H10N2O2/c16-12-9-6-2-1-3-7(6)11-8(4-5-14-11)10(9)13(17)15-12/h4-5,14H,1-3H2,(H,15,16,17). The van der Waals surface area contributed by atoms with Crippen LogP contribution in [0.5, 0.6) is 0 Å². The van der Waals surface area contributed by atoms with Crippen LogP contribution >= 0.6 is 0 Å². The van der Waals surface area contributed by atoms with E-state index in [0.29, 0.717) is 11.1 Å². The number of aryl methyl sites for hydroxylation is 1. The molecule has 4 heteroatoms. The SMILES string of the molecule is O=C1NC(=O)c2c1c1c(c3[nH]ccc23)CCC1. The smallest absolute Gasteiger partial charge is 0.259 e. The van der Waals surface area contributed by atoms with Crippen LogP contribution in [0.15, 0.2) is 12.3 Å². The Morgan fingerprint density at radius 2 is 1.76 bits per heavy atom. The minimum Gasteiger partial charge on any atom is -0.361 e. The highest BCUT2D eigenvalue weighted by Gasteiger charge is 2.35. The molecule has 0 spiro atoms. The molecule has 1 aromatic heterocycles. The number of amides is 2. The molecule has 0 saturated heterocycles. The number of rotatable bonds is 0. The summed E-state index contributed by atoms with van der Waals surface area (Å²) in [5.41, 5.74) is 4.49. The number of aromatic nitrogens is 1. The van der Waals surface area contributed by atoms with Gasteiger partial charge in [0.05, 0.1) is 11.1 Å². The number of hydrogen-bond donors (Lipinski definition) is 2. The van der Waals surface area contributed by atoms with Crippen LogP contribution in [0.2, 0.25) is 0 Å². The zero-order valence-electron chi connectivity index (χ0n) is 9.09. The highest BCUT2D eigenvalue weighted by Crippen LogP contribution is 2.37. The van der Waals surface area contributed by atoms with Crippen LogP contribution in [-0.4, -0.2) is 16.8 Å².